The molecule has 13 rings (SSSR count). The van der Waals surface area contributed by atoms with Gasteiger partial charge in [0, 0.05) is 49.3 Å². The zero-order chi connectivity index (χ0) is 37.9. The van der Waals surface area contributed by atoms with Crippen LogP contribution < -0.4 is 4.74 Å². The van der Waals surface area contributed by atoms with E-state index >= 15 is 0 Å². The number of rotatable bonds is 4. The molecule has 0 aliphatic carbocycles. The Morgan fingerprint density at radius 2 is 0.793 bits per heavy atom. The summed E-state index contributed by atoms with van der Waals surface area (Å²) in [5, 5.41) is 7.41. The molecule has 0 radical (unpaired) electrons. The standard InChI is InChI=1S/C54H33N3O/c1-2-12-37(13-3-1)55-46-19-6-4-14-40(46)44-32-35(26-30-48(44)55)36-27-31-49-45(33-36)41-15-5-7-20-47(41)56(49)38-28-24-34(25-29-38)39-16-10-17-42-43-18-11-23-52-54(43)57(53(39)42)50-21-8-9-22-51(50)58-52/h1-33H. The number of benzene rings is 9. The molecule has 0 bridgehead atoms. The van der Waals surface area contributed by atoms with Gasteiger partial charge in [0.1, 0.15) is 0 Å². The molecular formula is C54H33N3O. The smallest absolute Gasteiger partial charge is 0.152 e. The lowest BCUT2D eigenvalue weighted by molar-refractivity contribution is 0.476. The van der Waals surface area contributed by atoms with Crippen molar-refractivity contribution in [3.8, 4) is 50.8 Å². The first-order valence-corrected chi connectivity index (χ1v) is 19.8. The van der Waals surface area contributed by atoms with Crippen molar-refractivity contribution in [2.45, 2.75) is 0 Å². The highest BCUT2D eigenvalue weighted by atomic mass is 16.5. The molecule has 0 saturated carbocycles. The summed E-state index contributed by atoms with van der Waals surface area (Å²) in [5.74, 6) is 1.76. The minimum atomic E-state index is 0.871. The van der Waals surface area contributed by atoms with Gasteiger partial charge in [0.15, 0.2) is 11.5 Å². The fourth-order valence-electron chi connectivity index (χ4n) is 9.72. The van der Waals surface area contributed by atoms with Crippen LogP contribution in [-0.4, -0.2) is 13.7 Å². The van der Waals surface area contributed by atoms with E-state index in [1.54, 1.807) is 0 Å². The lowest BCUT2D eigenvalue weighted by Crippen LogP contribution is -2.04. The van der Waals surface area contributed by atoms with E-state index < -0.39 is 0 Å². The molecule has 270 valence electrons. The lowest BCUT2D eigenvalue weighted by Gasteiger charge is -2.21. The molecule has 0 fully saturated rings. The first kappa shape index (κ1) is 31.4. The minimum absolute atomic E-state index is 0.871. The van der Waals surface area contributed by atoms with Crippen LogP contribution in [0.3, 0.4) is 0 Å². The van der Waals surface area contributed by atoms with Gasteiger partial charge in [0.05, 0.1) is 38.8 Å². The second-order valence-electron chi connectivity index (χ2n) is 15.3. The maximum absolute atomic E-state index is 6.41. The van der Waals surface area contributed by atoms with Crippen LogP contribution in [0.15, 0.2) is 200 Å². The van der Waals surface area contributed by atoms with Crippen LogP contribution in [-0.2, 0) is 0 Å². The van der Waals surface area contributed by atoms with Crippen molar-refractivity contribution >= 4 is 65.4 Å². The topological polar surface area (TPSA) is 24.0 Å². The molecule has 0 amide bonds. The molecule has 58 heavy (non-hydrogen) atoms. The van der Waals surface area contributed by atoms with Crippen LogP contribution in [0.5, 0.6) is 11.5 Å². The molecule has 0 saturated heterocycles. The minimum Gasteiger partial charge on any atom is -0.453 e. The summed E-state index contributed by atoms with van der Waals surface area (Å²) in [6.07, 6.45) is 0. The van der Waals surface area contributed by atoms with Crippen molar-refractivity contribution in [2.24, 2.45) is 0 Å². The number of fused-ring (bicyclic) bond motifs is 11. The Kier molecular flexibility index (Phi) is 6.41. The molecule has 3 aromatic heterocycles. The monoisotopic (exact) mass is 739 g/mol. The van der Waals surface area contributed by atoms with Crippen molar-refractivity contribution in [1.29, 1.82) is 0 Å². The van der Waals surface area contributed by atoms with Gasteiger partial charge in [-0.1, -0.05) is 121 Å². The molecule has 4 heterocycles. The number of nitrogens with zero attached hydrogens (tertiary/aromatic N) is 3. The van der Waals surface area contributed by atoms with Gasteiger partial charge in [-0.15, -0.1) is 0 Å². The normalized spacial score (nSPS) is 12.3. The van der Waals surface area contributed by atoms with E-state index in [0.717, 1.165) is 28.4 Å². The lowest BCUT2D eigenvalue weighted by atomic mass is 10.0. The molecule has 12 aromatic rings. The highest BCUT2D eigenvalue weighted by Crippen LogP contribution is 2.47. The SMILES string of the molecule is c1ccc(-n2c3ccccc3c3cc(-c4ccc5c(c4)c4ccccc4n5-c4ccc(-c5cccc6c7cccc8c7n(c56)-c5ccccc5O8)cc4)ccc32)cc1. The largest absolute Gasteiger partial charge is 0.453 e. The average Bonchev–Trinajstić information content (AvgIpc) is 3.93. The van der Waals surface area contributed by atoms with Crippen LogP contribution in [0, 0.1) is 0 Å². The maximum Gasteiger partial charge on any atom is 0.152 e. The Morgan fingerprint density at radius 3 is 1.48 bits per heavy atom. The van der Waals surface area contributed by atoms with Crippen molar-refractivity contribution in [3.63, 3.8) is 0 Å². The Balaban J connectivity index is 0.944. The number of aromatic nitrogens is 3. The predicted octanol–water partition coefficient (Wildman–Crippen LogP) is 14.4. The van der Waals surface area contributed by atoms with E-state index in [1.807, 2.05) is 6.07 Å². The zero-order valence-electron chi connectivity index (χ0n) is 31.3. The summed E-state index contributed by atoms with van der Waals surface area (Å²) in [6, 6.07) is 72.5. The van der Waals surface area contributed by atoms with E-state index in [9.17, 15) is 0 Å². The quantitative estimate of drug-likeness (QED) is 0.176. The van der Waals surface area contributed by atoms with E-state index in [-0.39, 0.29) is 0 Å². The molecule has 0 N–H and O–H groups in total. The molecule has 4 heteroatoms. The van der Waals surface area contributed by atoms with Gasteiger partial charge < -0.3 is 18.4 Å². The summed E-state index contributed by atoms with van der Waals surface area (Å²) < 4.78 is 13.6. The first-order valence-electron chi connectivity index (χ1n) is 19.8. The van der Waals surface area contributed by atoms with E-state index in [0.29, 0.717) is 0 Å². The van der Waals surface area contributed by atoms with Gasteiger partial charge in [-0.25, -0.2) is 0 Å². The number of para-hydroxylation sites is 7. The molecule has 1 aliphatic heterocycles. The van der Waals surface area contributed by atoms with Crippen LogP contribution >= 0.6 is 0 Å². The fraction of sp³-hybridized carbons (Fsp3) is 0. The molecule has 9 aromatic carbocycles. The summed E-state index contributed by atoms with van der Waals surface area (Å²) in [4.78, 5) is 0. The van der Waals surface area contributed by atoms with Crippen LogP contribution in [0.1, 0.15) is 0 Å². The molecular weight excluding hydrogens is 707 g/mol. The van der Waals surface area contributed by atoms with Crippen molar-refractivity contribution < 1.29 is 4.74 Å². The van der Waals surface area contributed by atoms with Crippen LogP contribution in [0.4, 0.5) is 0 Å². The summed E-state index contributed by atoms with van der Waals surface area (Å²) >= 11 is 0. The third-order valence-corrected chi connectivity index (χ3v) is 12.2. The second kappa shape index (κ2) is 11.8. The van der Waals surface area contributed by atoms with Gasteiger partial charge in [-0.3, -0.25) is 0 Å². The highest BCUT2D eigenvalue weighted by molar-refractivity contribution is 6.16. The van der Waals surface area contributed by atoms with Gasteiger partial charge in [-0.2, -0.15) is 0 Å². The van der Waals surface area contributed by atoms with E-state index in [4.69, 9.17) is 4.74 Å². The predicted molar refractivity (Wildman–Crippen MR) is 240 cm³/mol. The van der Waals surface area contributed by atoms with Gasteiger partial charge >= 0.3 is 0 Å². The Morgan fingerprint density at radius 1 is 0.293 bits per heavy atom. The maximum atomic E-state index is 6.41. The summed E-state index contributed by atoms with van der Waals surface area (Å²) in [6.45, 7) is 0. The Hall–Kier alpha value is -7.82. The van der Waals surface area contributed by atoms with Crippen molar-refractivity contribution in [2.75, 3.05) is 0 Å². The Bertz CT molecular complexity index is 3640. The molecule has 0 atom stereocenters. The molecule has 0 unspecified atom stereocenters. The fourth-order valence-corrected chi connectivity index (χ4v) is 9.72. The third-order valence-electron chi connectivity index (χ3n) is 12.2. The van der Waals surface area contributed by atoms with E-state index in [1.165, 1.54) is 87.8 Å². The van der Waals surface area contributed by atoms with Crippen molar-refractivity contribution in [1.82, 2.24) is 13.7 Å². The summed E-state index contributed by atoms with van der Waals surface area (Å²) in [7, 11) is 0. The highest BCUT2D eigenvalue weighted by Gasteiger charge is 2.25. The van der Waals surface area contributed by atoms with Gasteiger partial charge in [0.2, 0.25) is 0 Å². The van der Waals surface area contributed by atoms with Crippen LogP contribution in [0.25, 0.3) is 105 Å². The number of hydrogen-bond acceptors (Lipinski definition) is 1. The summed E-state index contributed by atoms with van der Waals surface area (Å²) in [5.41, 5.74) is 15.3. The third kappa shape index (κ3) is 4.34. The second-order valence-corrected chi connectivity index (χ2v) is 15.3. The first-order chi connectivity index (χ1) is 28.8. The molecule has 0 spiro atoms. The van der Waals surface area contributed by atoms with Crippen LogP contribution in [0.2, 0.25) is 0 Å². The molecule has 4 nitrogen and oxygen atoms in total. The van der Waals surface area contributed by atoms with Gasteiger partial charge in [-0.05, 0) is 95.6 Å². The van der Waals surface area contributed by atoms with Crippen molar-refractivity contribution in [3.05, 3.63) is 200 Å². The zero-order valence-corrected chi connectivity index (χ0v) is 31.3. The van der Waals surface area contributed by atoms with E-state index in [2.05, 4.69) is 208 Å². The molecule has 1 aliphatic rings. The number of ether oxygens (including phenoxy) is 1. The van der Waals surface area contributed by atoms with Gasteiger partial charge in [0.25, 0.3) is 0 Å². The number of hydrogen-bond donors (Lipinski definition) is 0. The average molecular weight is 740 g/mol. The Labute approximate surface area is 333 Å².